The molecule has 0 aliphatic carbocycles. The molecular formula is C22H23N3O2. The van der Waals surface area contributed by atoms with Crippen molar-refractivity contribution < 1.29 is 9.59 Å². The van der Waals surface area contributed by atoms with Crippen LogP contribution in [0, 0.1) is 0 Å². The molecular weight excluding hydrogens is 338 g/mol. The molecule has 2 aliphatic heterocycles. The molecule has 0 aromatic heterocycles. The first kappa shape index (κ1) is 17.3. The quantitative estimate of drug-likeness (QED) is 0.769. The molecule has 5 nitrogen and oxygen atoms in total. The summed E-state index contributed by atoms with van der Waals surface area (Å²) >= 11 is 0. The smallest absolute Gasteiger partial charge is 0.265 e. The average molecular weight is 361 g/mol. The second kappa shape index (κ2) is 6.58. The van der Waals surface area contributed by atoms with Crippen molar-refractivity contribution in [1.82, 2.24) is 9.80 Å². The molecule has 2 heterocycles. The van der Waals surface area contributed by atoms with Crippen molar-refractivity contribution in [3.8, 4) is 0 Å². The molecule has 2 aromatic carbocycles. The predicted octanol–water partition coefficient (Wildman–Crippen LogP) is 3.50. The van der Waals surface area contributed by atoms with Gasteiger partial charge in [-0.1, -0.05) is 24.3 Å². The van der Waals surface area contributed by atoms with Crippen LogP contribution in [0.5, 0.6) is 0 Å². The first-order valence-electron chi connectivity index (χ1n) is 9.19. The molecule has 138 valence electrons. The lowest BCUT2D eigenvalue weighted by molar-refractivity contribution is -0.112. The van der Waals surface area contributed by atoms with Gasteiger partial charge in [-0.05, 0) is 37.1 Å². The third kappa shape index (κ3) is 2.79. The maximum Gasteiger partial charge on any atom is 0.265 e. The molecule has 2 amide bonds. The summed E-state index contributed by atoms with van der Waals surface area (Å²) in [5, 5.41) is 0. The second-order valence-corrected chi connectivity index (χ2v) is 7.25. The summed E-state index contributed by atoms with van der Waals surface area (Å²) in [7, 11) is 5.50. The summed E-state index contributed by atoms with van der Waals surface area (Å²) in [6, 6.07) is 15.2. The van der Waals surface area contributed by atoms with E-state index in [0.29, 0.717) is 5.56 Å². The Morgan fingerprint density at radius 2 is 1.85 bits per heavy atom. The number of nitrogens with zero attached hydrogens (tertiary/aromatic N) is 3. The number of allylic oxidation sites excluding steroid dienone is 1. The molecule has 0 bridgehead atoms. The maximum absolute atomic E-state index is 13.5. The first-order chi connectivity index (χ1) is 13.0. The Bertz CT molecular complexity index is 962. The molecule has 1 fully saturated rings. The normalized spacial score (nSPS) is 18.9. The molecule has 2 aromatic rings. The zero-order valence-corrected chi connectivity index (χ0v) is 15.9. The van der Waals surface area contributed by atoms with Crippen LogP contribution in [0.25, 0.3) is 5.57 Å². The fourth-order valence-corrected chi connectivity index (χ4v) is 3.91. The van der Waals surface area contributed by atoms with Gasteiger partial charge < -0.3 is 9.80 Å². The zero-order chi connectivity index (χ0) is 19.1. The highest BCUT2D eigenvalue weighted by atomic mass is 16.2. The van der Waals surface area contributed by atoms with Crippen LogP contribution in [0.15, 0.2) is 54.2 Å². The molecule has 27 heavy (non-hydrogen) atoms. The van der Waals surface area contributed by atoms with Crippen molar-refractivity contribution >= 4 is 28.8 Å². The third-order valence-corrected chi connectivity index (χ3v) is 5.25. The standard InChI is InChI=1S/C22H23N3O2/c1-23(2)21(26)15-8-6-9-16(14-15)25-18-11-5-4-10-17(18)20(22(25)27)19-12-7-13-24(19)3/h4-6,8-11,14H,7,12-13H2,1-3H3/b20-19+. The minimum absolute atomic E-state index is 0.0191. The SMILES string of the molecule is CN(C)C(=O)c1cccc(N2C(=O)/C(=C3\CCCN3C)c3ccccc32)c1. The van der Waals surface area contributed by atoms with E-state index in [0.717, 1.165) is 47.6 Å². The van der Waals surface area contributed by atoms with Gasteiger partial charge in [-0.15, -0.1) is 0 Å². The van der Waals surface area contributed by atoms with Gasteiger partial charge in [-0.3, -0.25) is 14.5 Å². The number of fused-ring (bicyclic) bond motifs is 1. The third-order valence-electron chi connectivity index (χ3n) is 5.25. The Morgan fingerprint density at radius 1 is 1.07 bits per heavy atom. The number of benzene rings is 2. The Morgan fingerprint density at radius 3 is 2.56 bits per heavy atom. The molecule has 0 saturated carbocycles. The van der Waals surface area contributed by atoms with Crippen LogP contribution in [0.1, 0.15) is 28.8 Å². The van der Waals surface area contributed by atoms with E-state index in [9.17, 15) is 9.59 Å². The number of carbonyl (C=O) groups is 2. The highest BCUT2D eigenvalue weighted by Crippen LogP contribution is 2.44. The van der Waals surface area contributed by atoms with Crippen molar-refractivity contribution in [2.45, 2.75) is 12.8 Å². The van der Waals surface area contributed by atoms with Crippen LogP contribution in [0.4, 0.5) is 11.4 Å². The molecule has 0 spiro atoms. The van der Waals surface area contributed by atoms with Crippen LogP contribution in [-0.2, 0) is 4.79 Å². The van der Waals surface area contributed by atoms with Gasteiger partial charge in [0.25, 0.3) is 11.8 Å². The number of para-hydroxylation sites is 1. The van der Waals surface area contributed by atoms with Gasteiger partial charge in [0.1, 0.15) is 0 Å². The van der Waals surface area contributed by atoms with E-state index in [4.69, 9.17) is 0 Å². The van der Waals surface area contributed by atoms with Crippen LogP contribution in [-0.4, -0.2) is 49.3 Å². The minimum atomic E-state index is -0.0779. The van der Waals surface area contributed by atoms with E-state index in [2.05, 4.69) is 4.90 Å². The number of hydrogen-bond donors (Lipinski definition) is 0. The maximum atomic E-state index is 13.5. The summed E-state index contributed by atoms with van der Waals surface area (Å²) in [6.07, 6.45) is 1.98. The van der Waals surface area contributed by atoms with Gasteiger partial charge in [0.05, 0.1) is 16.9 Å². The van der Waals surface area contributed by atoms with Gasteiger partial charge in [-0.2, -0.15) is 0 Å². The lowest BCUT2D eigenvalue weighted by Crippen LogP contribution is -2.24. The van der Waals surface area contributed by atoms with E-state index >= 15 is 0 Å². The summed E-state index contributed by atoms with van der Waals surface area (Å²) in [6.45, 7) is 0.973. The number of hydrogen-bond acceptors (Lipinski definition) is 3. The van der Waals surface area contributed by atoms with Crippen LogP contribution in [0.2, 0.25) is 0 Å². The molecule has 0 radical (unpaired) electrons. The van der Waals surface area contributed by atoms with Crippen LogP contribution >= 0.6 is 0 Å². The van der Waals surface area contributed by atoms with Gasteiger partial charge in [0.2, 0.25) is 0 Å². The highest BCUT2D eigenvalue weighted by Gasteiger charge is 2.37. The molecule has 2 aliphatic rings. The Kier molecular flexibility index (Phi) is 4.22. The molecule has 0 N–H and O–H groups in total. The number of likely N-dealkylation sites (tertiary alicyclic amines) is 1. The average Bonchev–Trinajstić information content (AvgIpc) is 3.20. The first-order valence-corrected chi connectivity index (χ1v) is 9.19. The summed E-state index contributed by atoms with van der Waals surface area (Å²) in [4.78, 5) is 31.3. The van der Waals surface area contributed by atoms with Gasteiger partial charge in [-0.25, -0.2) is 0 Å². The molecule has 5 heteroatoms. The highest BCUT2D eigenvalue weighted by molar-refractivity contribution is 6.35. The topological polar surface area (TPSA) is 43.9 Å². The number of carbonyl (C=O) groups excluding carboxylic acids is 2. The molecule has 0 atom stereocenters. The van der Waals surface area contributed by atoms with Crippen molar-refractivity contribution in [1.29, 1.82) is 0 Å². The Hall–Kier alpha value is -3.08. The lowest BCUT2D eigenvalue weighted by Gasteiger charge is -2.19. The van der Waals surface area contributed by atoms with Gasteiger partial charge in [0.15, 0.2) is 0 Å². The van der Waals surface area contributed by atoms with Crippen molar-refractivity contribution in [3.05, 3.63) is 65.4 Å². The number of rotatable bonds is 2. The summed E-state index contributed by atoms with van der Waals surface area (Å²) < 4.78 is 0. The second-order valence-electron chi connectivity index (χ2n) is 7.25. The van der Waals surface area contributed by atoms with E-state index in [1.807, 2.05) is 43.4 Å². The van der Waals surface area contributed by atoms with E-state index < -0.39 is 0 Å². The number of anilines is 2. The summed E-state index contributed by atoms with van der Waals surface area (Å²) in [5.41, 5.74) is 5.03. The fourth-order valence-electron chi connectivity index (χ4n) is 3.91. The van der Waals surface area contributed by atoms with Crippen molar-refractivity contribution in [2.24, 2.45) is 0 Å². The Balaban J connectivity index is 1.85. The largest absolute Gasteiger partial charge is 0.377 e. The minimum Gasteiger partial charge on any atom is -0.377 e. The molecule has 4 rings (SSSR count). The predicted molar refractivity (Wildman–Crippen MR) is 107 cm³/mol. The van der Waals surface area contributed by atoms with Gasteiger partial charge >= 0.3 is 0 Å². The lowest BCUT2D eigenvalue weighted by atomic mass is 10.0. The summed E-state index contributed by atoms with van der Waals surface area (Å²) in [5.74, 6) is -0.0970. The van der Waals surface area contributed by atoms with Crippen LogP contribution < -0.4 is 4.90 Å². The van der Waals surface area contributed by atoms with E-state index in [1.165, 1.54) is 0 Å². The van der Waals surface area contributed by atoms with Crippen molar-refractivity contribution in [3.63, 3.8) is 0 Å². The Labute approximate surface area is 159 Å². The monoisotopic (exact) mass is 361 g/mol. The fraction of sp³-hybridized carbons (Fsp3) is 0.273. The molecule has 0 unspecified atom stereocenters. The van der Waals surface area contributed by atoms with Crippen LogP contribution in [0.3, 0.4) is 0 Å². The molecule has 1 saturated heterocycles. The van der Waals surface area contributed by atoms with E-state index in [1.54, 1.807) is 36.0 Å². The van der Waals surface area contributed by atoms with Gasteiger partial charge in [0, 0.05) is 44.5 Å². The zero-order valence-electron chi connectivity index (χ0n) is 15.9. The van der Waals surface area contributed by atoms with Crippen molar-refractivity contribution in [2.75, 3.05) is 32.6 Å². The van der Waals surface area contributed by atoms with E-state index in [-0.39, 0.29) is 11.8 Å². The number of amides is 2.